The lowest BCUT2D eigenvalue weighted by atomic mass is 9.98. The van der Waals surface area contributed by atoms with Crippen molar-refractivity contribution in [3.63, 3.8) is 0 Å². The summed E-state index contributed by atoms with van der Waals surface area (Å²) >= 11 is 0. The predicted molar refractivity (Wildman–Crippen MR) is 86.9 cm³/mol. The summed E-state index contributed by atoms with van der Waals surface area (Å²) in [4.78, 5) is 14.2. The fourth-order valence-corrected chi connectivity index (χ4v) is 3.31. The normalized spacial score (nSPS) is 19.6. The van der Waals surface area contributed by atoms with E-state index < -0.39 is 0 Å². The minimum absolute atomic E-state index is 0.244. The average Bonchev–Trinajstić information content (AvgIpc) is 2.54. The minimum Gasteiger partial charge on any atom is -0.423 e. The van der Waals surface area contributed by atoms with E-state index in [-0.39, 0.29) is 12.2 Å². The van der Waals surface area contributed by atoms with E-state index in [2.05, 4.69) is 24.0 Å². The molecule has 0 saturated carbocycles. The Bertz CT molecular complexity index is 707. The Morgan fingerprint density at radius 3 is 3.00 bits per heavy atom. The molecule has 1 N–H and O–H groups in total. The fraction of sp³-hybridized carbons (Fsp3) is 0.500. The zero-order chi connectivity index (χ0) is 15.5. The molecule has 0 spiro atoms. The highest BCUT2D eigenvalue weighted by Crippen LogP contribution is 2.23. The van der Waals surface area contributed by atoms with Crippen LogP contribution in [0.3, 0.4) is 0 Å². The van der Waals surface area contributed by atoms with Crippen LogP contribution in [0.4, 0.5) is 0 Å². The van der Waals surface area contributed by atoms with Gasteiger partial charge in [0.2, 0.25) is 0 Å². The lowest BCUT2D eigenvalue weighted by Gasteiger charge is -2.31. The zero-order valence-corrected chi connectivity index (χ0v) is 13.0. The molecule has 0 radical (unpaired) electrons. The lowest BCUT2D eigenvalue weighted by molar-refractivity contribution is 0.116. The van der Waals surface area contributed by atoms with Gasteiger partial charge in [0.15, 0.2) is 0 Å². The van der Waals surface area contributed by atoms with Crippen molar-refractivity contribution in [1.82, 2.24) is 4.90 Å². The molecular formula is C18H23NO3. The summed E-state index contributed by atoms with van der Waals surface area (Å²) in [5.41, 5.74) is 2.59. The number of likely N-dealkylation sites (tertiary alicyclic amines) is 1. The molecule has 0 bridgehead atoms. The van der Waals surface area contributed by atoms with E-state index in [0.29, 0.717) is 11.5 Å². The maximum Gasteiger partial charge on any atom is 0.336 e. The second kappa shape index (κ2) is 6.63. The molecule has 1 aromatic carbocycles. The minimum atomic E-state index is -0.286. The van der Waals surface area contributed by atoms with E-state index in [1.54, 1.807) is 6.07 Å². The number of hydrogen-bond donors (Lipinski definition) is 1. The first-order valence-electron chi connectivity index (χ1n) is 8.08. The summed E-state index contributed by atoms with van der Waals surface area (Å²) in [6.45, 7) is 4.99. The second-order valence-electron chi connectivity index (χ2n) is 6.20. The second-order valence-corrected chi connectivity index (χ2v) is 6.20. The largest absolute Gasteiger partial charge is 0.423 e. The van der Waals surface area contributed by atoms with Gasteiger partial charge < -0.3 is 9.52 Å². The van der Waals surface area contributed by atoms with Crippen molar-refractivity contribution in [3.05, 3.63) is 45.8 Å². The van der Waals surface area contributed by atoms with Gasteiger partial charge in [0.1, 0.15) is 5.58 Å². The van der Waals surface area contributed by atoms with Crippen LogP contribution in [0.25, 0.3) is 11.0 Å². The third-order valence-corrected chi connectivity index (χ3v) is 4.56. The van der Waals surface area contributed by atoms with Crippen molar-refractivity contribution in [2.24, 2.45) is 5.92 Å². The van der Waals surface area contributed by atoms with Crippen molar-refractivity contribution < 1.29 is 9.52 Å². The molecule has 0 amide bonds. The van der Waals surface area contributed by atoms with Gasteiger partial charge in [-0.3, -0.25) is 4.90 Å². The van der Waals surface area contributed by atoms with Crippen molar-refractivity contribution in [2.45, 2.75) is 32.7 Å². The van der Waals surface area contributed by atoms with E-state index >= 15 is 0 Å². The van der Waals surface area contributed by atoms with E-state index in [4.69, 9.17) is 4.42 Å². The van der Waals surface area contributed by atoms with Gasteiger partial charge in [0, 0.05) is 31.1 Å². The van der Waals surface area contributed by atoms with Crippen LogP contribution in [0.15, 0.2) is 33.5 Å². The number of nitrogens with zero attached hydrogens (tertiary/aromatic N) is 1. The molecule has 22 heavy (non-hydrogen) atoms. The highest BCUT2D eigenvalue weighted by atomic mass is 16.4. The van der Waals surface area contributed by atoms with E-state index in [1.165, 1.54) is 5.56 Å². The smallest absolute Gasteiger partial charge is 0.336 e. The fourth-order valence-electron chi connectivity index (χ4n) is 3.31. The Labute approximate surface area is 130 Å². The molecule has 1 aliphatic rings. The van der Waals surface area contributed by atoms with E-state index in [1.807, 2.05) is 6.07 Å². The van der Waals surface area contributed by atoms with Crippen molar-refractivity contribution in [1.29, 1.82) is 0 Å². The molecule has 118 valence electrons. The molecule has 1 fully saturated rings. The molecule has 4 heteroatoms. The van der Waals surface area contributed by atoms with Crippen LogP contribution in [0.5, 0.6) is 0 Å². The summed E-state index contributed by atoms with van der Waals surface area (Å²) in [5, 5.41) is 10.4. The first-order chi connectivity index (χ1) is 10.7. The molecule has 1 atom stereocenters. The molecule has 0 unspecified atom stereocenters. The summed E-state index contributed by atoms with van der Waals surface area (Å²) in [6.07, 6.45) is 3.11. The van der Waals surface area contributed by atoms with Crippen LogP contribution in [0.2, 0.25) is 0 Å². The van der Waals surface area contributed by atoms with E-state index in [0.717, 1.165) is 49.8 Å². The Kier molecular flexibility index (Phi) is 4.60. The van der Waals surface area contributed by atoms with Gasteiger partial charge in [0.05, 0.1) is 0 Å². The van der Waals surface area contributed by atoms with Gasteiger partial charge in [-0.1, -0.05) is 19.1 Å². The van der Waals surface area contributed by atoms with Crippen LogP contribution >= 0.6 is 0 Å². The number of aliphatic hydroxyl groups excluding tert-OH is 1. The first kappa shape index (κ1) is 15.3. The molecule has 2 heterocycles. The molecule has 2 aromatic rings. The number of rotatable bonds is 4. The van der Waals surface area contributed by atoms with Gasteiger partial charge in [-0.15, -0.1) is 0 Å². The molecule has 3 rings (SSSR count). The monoisotopic (exact) mass is 301 g/mol. The highest BCUT2D eigenvalue weighted by molar-refractivity contribution is 5.80. The predicted octanol–water partition coefficient (Wildman–Crippen LogP) is 2.56. The topological polar surface area (TPSA) is 53.7 Å². The molecule has 1 aliphatic heterocycles. The van der Waals surface area contributed by atoms with Crippen LogP contribution < -0.4 is 5.63 Å². The lowest BCUT2D eigenvalue weighted by Crippen LogP contribution is -2.36. The van der Waals surface area contributed by atoms with E-state index in [9.17, 15) is 9.90 Å². The van der Waals surface area contributed by atoms with Gasteiger partial charge >= 0.3 is 5.63 Å². The molecule has 1 aromatic heterocycles. The van der Waals surface area contributed by atoms with Crippen molar-refractivity contribution in [2.75, 3.05) is 19.7 Å². The Balaban J connectivity index is 1.91. The van der Waals surface area contributed by atoms with Gasteiger partial charge in [-0.05, 0) is 48.9 Å². The molecule has 4 nitrogen and oxygen atoms in total. The summed E-state index contributed by atoms with van der Waals surface area (Å²) in [6, 6.07) is 7.72. The number of benzene rings is 1. The molecular weight excluding hydrogens is 278 g/mol. The maximum atomic E-state index is 11.8. The van der Waals surface area contributed by atoms with Crippen LogP contribution in [0.1, 0.15) is 30.9 Å². The maximum absolute atomic E-state index is 11.8. The molecule has 1 saturated heterocycles. The Morgan fingerprint density at radius 2 is 2.23 bits per heavy atom. The van der Waals surface area contributed by atoms with Gasteiger partial charge in [-0.2, -0.15) is 0 Å². The number of piperidine rings is 1. The Hall–Kier alpha value is -1.65. The van der Waals surface area contributed by atoms with Crippen LogP contribution in [-0.4, -0.2) is 29.7 Å². The summed E-state index contributed by atoms with van der Waals surface area (Å²) < 4.78 is 5.36. The van der Waals surface area contributed by atoms with Crippen LogP contribution in [-0.2, 0) is 13.0 Å². The number of aliphatic hydroxyl groups is 1. The SMILES string of the molecule is CCc1ccc2c(CN3CCC[C@@H](CO)C3)cc(=O)oc2c1. The summed E-state index contributed by atoms with van der Waals surface area (Å²) in [5.74, 6) is 0.354. The van der Waals surface area contributed by atoms with Gasteiger partial charge in [0.25, 0.3) is 0 Å². The van der Waals surface area contributed by atoms with Crippen molar-refractivity contribution >= 4 is 11.0 Å². The highest BCUT2D eigenvalue weighted by Gasteiger charge is 2.20. The van der Waals surface area contributed by atoms with Crippen LogP contribution in [0, 0.1) is 5.92 Å². The first-order valence-corrected chi connectivity index (χ1v) is 8.08. The third kappa shape index (κ3) is 3.23. The quantitative estimate of drug-likeness (QED) is 0.882. The Morgan fingerprint density at radius 1 is 1.36 bits per heavy atom. The van der Waals surface area contributed by atoms with Crippen molar-refractivity contribution in [3.8, 4) is 0 Å². The molecule has 0 aliphatic carbocycles. The standard InChI is InChI=1S/C18H23NO3/c1-2-13-5-6-16-15(9-18(21)22-17(16)8-13)11-19-7-3-4-14(10-19)12-20/h5-6,8-9,14,20H,2-4,7,10-12H2,1H3/t14-/m1/s1. The number of fused-ring (bicyclic) bond motifs is 1. The number of aryl methyl sites for hydroxylation is 1. The summed E-state index contributed by atoms with van der Waals surface area (Å²) in [7, 11) is 0. The zero-order valence-electron chi connectivity index (χ0n) is 13.0. The average molecular weight is 301 g/mol. The third-order valence-electron chi connectivity index (χ3n) is 4.56. The van der Waals surface area contributed by atoms with Gasteiger partial charge in [-0.25, -0.2) is 4.79 Å². The number of hydrogen-bond acceptors (Lipinski definition) is 4.